The maximum atomic E-state index is 11.9. The van der Waals surface area contributed by atoms with Crippen molar-refractivity contribution in [3.63, 3.8) is 0 Å². The molecular formula is C8H12F3N5. The molecule has 5 nitrogen and oxygen atoms in total. The highest BCUT2D eigenvalue weighted by Gasteiger charge is 2.26. The van der Waals surface area contributed by atoms with Gasteiger partial charge in [-0.3, -0.25) is 0 Å². The summed E-state index contributed by atoms with van der Waals surface area (Å²) in [5.41, 5.74) is 5.35. The van der Waals surface area contributed by atoms with Gasteiger partial charge in [-0.25, -0.2) is 0 Å². The van der Waals surface area contributed by atoms with Crippen LogP contribution in [-0.2, 0) is 0 Å². The molecule has 1 rings (SSSR count). The van der Waals surface area contributed by atoms with Crippen molar-refractivity contribution in [3.8, 4) is 0 Å². The van der Waals surface area contributed by atoms with Crippen molar-refractivity contribution in [1.82, 2.24) is 9.97 Å². The molecule has 0 amide bonds. The van der Waals surface area contributed by atoms with Crippen LogP contribution in [0.1, 0.15) is 6.92 Å². The van der Waals surface area contributed by atoms with E-state index in [0.29, 0.717) is 12.4 Å². The lowest BCUT2D eigenvalue weighted by Gasteiger charge is -2.10. The molecule has 0 saturated heterocycles. The normalized spacial score (nSPS) is 11.2. The molecule has 0 aliphatic carbocycles. The van der Waals surface area contributed by atoms with Crippen molar-refractivity contribution in [2.45, 2.75) is 13.1 Å². The number of nitrogens with one attached hydrogen (secondary N) is 2. The van der Waals surface area contributed by atoms with Crippen molar-refractivity contribution in [1.29, 1.82) is 0 Å². The van der Waals surface area contributed by atoms with Crippen molar-refractivity contribution >= 4 is 17.6 Å². The minimum absolute atomic E-state index is 0.0424. The van der Waals surface area contributed by atoms with Gasteiger partial charge in [-0.2, -0.15) is 23.1 Å². The third-order valence-electron chi connectivity index (χ3n) is 1.57. The number of hydrogen-bond acceptors (Lipinski definition) is 5. The Kier molecular flexibility index (Phi) is 3.75. The molecular weight excluding hydrogens is 223 g/mol. The van der Waals surface area contributed by atoms with E-state index in [1.54, 1.807) is 0 Å². The average Bonchev–Trinajstić information content (AvgIpc) is 2.13. The summed E-state index contributed by atoms with van der Waals surface area (Å²) in [5.74, 6) is 0.351. The number of alkyl halides is 3. The largest absolute Gasteiger partial charge is 0.405 e. The minimum atomic E-state index is -4.29. The SMILES string of the molecule is CCNc1cc(NCC(F)(F)F)nc(N)n1. The maximum absolute atomic E-state index is 11.9. The third-order valence-corrected chi connectivity index (χ3v) is 1.57. The van der Waals surface area contributed by atoms with Crippen LogP contribution in [0.5, 0.6) is 0 Å². The highest BCUT2D eigenvalue weighted by atomic mass is 19.4. The molecule has 1 aromatic rings. The number of anilines is 3. The van der Waals surface area contributed by atoms with Gasteiger partial charge in [0, 0.05) is 12.6 Å². The lowest BCUT2D eigenvalue weighted by Crippen LogP contribution is -2.22. The third kappa shape index (κ3) is 4.20. The predicted octanol–water partition coefficient (Wildman–Crippen LogP) is 1.46. The second-order valence-corrected chi connectivity index (χ2v) is 3.00. The first-order chi connectivity index (χ1) is 7.40. The molecule has 0 unspecified atom stereocenters. The van der Waals surface area contributed by atoms with E-state index < -0.39 is 12.7 Å². The number of nitrogens with zero attached hydrogens (tertiary/aromatic N) is 2. The highest BCUT2D eigenvalue weighted by molar-refractivity contribution is 5.50. The van der Waals surface area contributed by atoms with Gasteiger partial charge < -0.3 is 16.4 Å². The number of nitrogen functional groups attached to an aromatic ring is 1. The number of aromatic nitrogens is 2. The van der Waals surface area contributed by atoms with Crippen molar-refractivity contribution in [2.75, 3.05) is 29.5 Å². The van der Waals surface area contributed by atoms with E-state index in [2.05, 4.69) is 20.6 Å². The zero-order valence-corrected chi connectivity index (χ0v) is 8.60. The molecule has 0 aliphatic rings. The first kappa shape index (κ1) is 12.3. The standard InChI is InChI=1S/C8H12F3N5/c1-2-13-5-3-6(16-7(12)15-5)14-4-8(9,10)11/h3H,2,4H2,1H3,(H4,12,13,14,15,16). The zero-order chi connectivity index (χ0) is 12.2. The van der Waals surface area contributed by atoms with Crippen LogP contribution in [0.15, 0.2) is 6.07 Å². The Morgan fingerprint density at radius 1 is 1.25 bits per heavy atom. The topological polar surface area (TPSA) is 75.9 Å². The van der Waals surface area contributed by atoms with Crippen molar-refractivity contribution < 1.29 is 13.2 Å². The van der Waals surface area contributed by atoms with Crippen LogP contribution in [-0.4, -0.2) is 29.2 Å². The molecule has 0 fully saturated rings. The first-order valence-electron chi connectivity index (χ1n) is 4.60. The van der Waals surface area contributed by atoms with Crippen LogP contribution in [0.25, 0.3) is 0 Å². The van der Waals surface area contributed by atoms with Crippen LogP contribution in [0.4, 0.5) is 30.8 Å². The van der Waals surface area contributed by atoms with E-state index in [4.69, 9.17) is 5.73 Å². The number of nitrogens with two attached hydrogens (primary N) is 1. The molecule has 0 saturated carbocycles. The van der Waals surface area contributed by atoms with E-state index in [9.17, 15) is 13.2 Å². The zero-order valence-electron chi connectivity index (χ0n) is 8.60. The molecule has 4 N–H and O–H groups in total. The number of halogens is 3. The van der Waals surface area contributed by atoms with Gasteiger partial charge in [0.2, 0.25) is 5.95 Å². The van der Waals surface area contributed by atoms with Crippen LogP contribution in [0.3, 0.4) is 0 Å². The molecule has 0 atom stereocenters. The summed E-state index contributed by atoms with van der Waals surface area (Å²) in [6.07, 6.45) is -4.29. The van der Waals surface area contributed by atoms with E-state index in [0.717, 1.165) is 0 Å². The van der Waals surface area contributed by atoms with Gasteiger partial charge in [0.25, 0.3) is 0 Å². The Morgan fingerprint density at radius 3 is 2.31 bits per heavy atom. The van der Waals surface area contributed by atoms with E-state index in [1.165, 1.54) is 6.07 Å². The van der Waals surface area contributed by atoms with Gasteiger partial charge in [0.05, 0.1) is 0 Å². The Morgan fingerprint density at radius 2 is 1.81 bits per heavy atom. The van der Waals surface area contributed by atoms with Gasteiger partial charge in [0.1, 0.15) is 18.2 Å². The Labute approximate surface area is 90.3 Å². The lowest BCUT2D eigenvalue weighted by atomic mass is 10.5. The average molecular weight is 235 g/mol. The Hall–Kier alpha value is -1.73. The first-order valence-corrected chi connectivity index (χ1v) is 4.60. The maximum Gasteiger partial charge on any atom is 0.405 e. The summed E-state index contributed by atoms with van der Waals surface area (Å²) in [6.45, 7) is 1.27. The Balaban J connectivity index is 2.72. The molecule has 0 aromatic carbocycles. The molecule has 1 aromatic heterocycles. The predicted molar refractivity (Wildman–Crippen MR) is 55.2 cm³/mol. The summed E-state index contributed by atoms with van der Waals surface area (Å²) in [6, 6.07) is 1.37. The molecule has 90 valence electrons. The summed E-state index contributed by atoms with van der Waals surface area (Å²) >= 11 is 0. The Bertz CT molecular complexity index is 352. The van der Waals surface area contributed by atoms with Crippen molar-refractivity contribution in [3.05, 3.63) is 6.07 Å². The number of hydrogen-bond donors (Lipinski definition) is 3. The van der Waals surface area contributed by atoms with Gasteiger partial charge >= 0.3 is 6.18 Å². The molecule has 8 heteroatoms. The molecule has 0 radical (unpaired) electrons. The molecule has 0 bridgehead atoms. The quantitative estimate of drug-likeness (QED) is 0.736. The fraction of sp³-hybridized carbons (Fsp3) is 0.500. The van der Waals surface area contributed by atoms with Gasteiger partial charge in [0.15, 0.2) is 0 Å². The van der Waals surface area contributed by atoms with Gasteiger partial charge in [-0.15, -0.1) is 0 Å². The van der Waals surface area contributed by atoms with E-state index >= 15 is 0 Å². The van der Waals surface area contributed by atoms with Crippen LogP contribution >= 0.6 is 0 Å². The summed E-state index contributed by atoms with van der Waals surface area (Å²) in [4.78, 5) is 7.44. The van der Waals surface area contributed by atoms with Gasteiger partial charge in [-0.05, 0) is 6.92 Å². The van der Waals surface area contributed by atoms with Crippen LogP contribution in [0, 0.1) is 0 Å². The summed E-state index contributed by atoms with van der Waals surface area (Å²) in [5, 5.41) is 4.96. The van der Waals surface area contributed by atoms with Crippen LogP contribution in [0.2, 0.25) is 0 Å². The second-order valence-electron chi connectivity index (χ2n) is 3.00. The molecule has 0 spiro atoms. The second kappa shape index (κ2) is 4.86. The lowest BCUT2D eigenvalue weighted by molar-refractivity contribution is -0.115. The summed E-state index contributed by atoms with van der Waals surface area (Å²) < 4.78 is 35.8. The van der Waals surface area contributed by atoms with E-state index in [-0.39, 0.29) is 11.8 Å². The number of rotatable bonds is 4. The van der Waals surface area contributed by atoms with Crippen LogP contribution < -0.4 is 16.4 Å². The molecule has 0 aliphatic heterocycles. The monoisotopic (exact) mass is 235 g/mol. The molecule has 16 heavy (non-hydrogen) atoms. The molecule has 1 heterocycles. The van der Waals surface area contributed by atoms with Crippen molar-refractivity contribution in [2.24, 2.45) is 0 Å². The highest BCUT2D eigenvalue weighted by Crippen LogP contribution is 2.17. The fourth-order valence-electron chi connectivity index (χ4n) is 1.02. The van der Waals surface area contributed by atoms with Gasteiger partial charge in [-0.1, -0.05) is 0 Å². The summed E-state index contributed by atoms with van der Waals surface area (Å²) in [7, 11) is 0. The smallest absolute Gasteiger partial charge is 0.370 e. The minimum Gasteiger partial charge on any atom is -0.370 e. The van der Waals surface area contributed by atoms with E-state index in [1.807, 2.05) is 6.92 Å². The fourth-order valence-corrected chi connectivity index (χ4v) is 1.02.